The first-order valence-electron chi connectivity index (χ1n) is 9.93. The number of fused-ring (bicyclic) bond motifs is 3. The number of rotatable bonds is 4. The first kappa shape index (κ1) is 18.0. The summed E-state index contributed by atoms with van der Waals surface area (Å²) in [7, 11) is 0. The molecule has 27 heavy (non-hydrogen) atoms. The molecule has 1 heterocycles. The Morgan fingerprint density at radius 1 is 1.15 bits per heavy atom. The Morgan fingerprint density at radius 2 is 1.85 bits per heavy atom. The lowest BCUT2D eigenvalue weighted by molar-refractivity contribution is 0.0322. The Kier molecular flexibility index (Phi) is 4.25. The van der Waals surface area contributed by atoms with Gasteiger partial charge >= 0.3 is 0 Å². The molecule has 3 aliphatic rings. The van der Waals surface area contributed by atoms with Gasteiger partial charge in [0.2, 0.25) is 5.89 Å². The van der Waals surface area contributed by atoms with Crippen molar-refractivity contribution in [3.8, 4) is 6.07 Å². The van der Waals surface area contributed by atoms with Gasteiger partial charge in [0.05, 0.1) is 11.6 Å². The lowest BCUT2D eigenvalue weighted by Gasteiger charge is -2.52. The molecule has 3 saturated carbocycles. The zero-order valence-electron chi connectivity index (χ0n) is 16.5. The minimum atomic E-state index is -0.0760. The standard InChI is InChI=1S/C22H28N4O/c1-20(2,3)18-25-19(27-26-18)22-10-7-21(8-11-22,9-12-22)15-24-17-6-4-5-16(13-17)14-23/h4-6,13,24H,7-12,15H2,1-3H3. The van der Waals surface area contributed by atoms with Gasteiger partial charge in [-0.15, -0.1) is 0 Å². The third-order valence-electron chi connectivity index (χ3n) is 6.61. The summed E-state index contributed by atoms with van der Waals surface area (Å²) >= 11 is 0. The number of hydrogen-bond donors (Lipinski definition) is 1. The number of anilines is 1. The molecule has 2 aromatic rings. The van der Waals surface area contributed by atoms with Crippen LogP contribution in [-0.4, -0.2) is 16.7 Å². The van der Waals surface area contributed by atoms with Gasteiger partial charge in [-0.1, -0.05) is 32.0 Å². The van der Waals surface area contributed by atoms with Gasteiger partial charge in [0.15, 0.2) is 5.82 Å². The molecule has 0 aliphatic heterocycles. The summed E-state index contributed by atoms with van der Waals surface area (Å²) in [5.41, 5.74) is 2.09. The van der Waals surface area contributed by atoms with E-state index in [1.165, 1.54) is 19.3 Å². The van der Waals surface area contributed by atoms with E-state index in [9.17, 15) is 0 Å². The van der Waals surface area contributed by atoms with Crippen LogP contribution >= 0.6 is 0 Å². The second-order valence-electron chi connectivity index (χ2n) is 9.50. The molecule has 5 heteroatoms. The molecule has 0 unspecified atom stereocenters. The Hall–Kier alpha value is -2.35. The number of nitrogens with one attached hydrogen (secondary N) is 1. The van der Waals surface area contributed by atoms with Crippen LogP contribution in [0.25, 0.3) is 0 Å². The molecule has 5 rings (SSSR count). The van der Waals surface area contributed by atoms with Crippen LogP contribution in [0.4, 0.5) is 5.69 Å². The van der Waals surface area contributed by atoms with Crippen molar-refractivity contribution in [2.45, 2.75) is 70.1 Å². The highest BCUT2D eigenvalue weighted by Crippen LogP contribution is 2.57. The fourth-order valence-electron chi connectivity index (χ4n) is 4.58. The summed E-state index contributed by atoms with van der Waals surface area (Å²) in [4.78, 5) is 4.78. The van der Waals surface area contributed by atoms with Gasteiger partial charge in [-0.2, -0.15) is 10.2 Å². The van der Waals surface area contributed by atoms with Crippen LogP contribution in [0, 0.1) is 16.7 Å². The summed E-state index contributed by atoms with van der Waals surface area (Å²) in [6, 6.07) is 9.96. The molecule has 1 aromatic heterocycles. The molecule has 0 radical (unpaired) electrons. The average Bonchev–Trinajstić information content (AvgIpc) is 3.20. The van der Waals surface area contributed by atoms with E-state index in [0.717, 1.165) is 43.2 Å². The molecule has 0 amide bonds. The van der Waals surface area contributed by atoms with Crippen LogP contribution in [0.5, 0.6) is 0 Å². The van der Waals surface area contributed by atoms with Crippen LogP contribution in [-0.2, 0) is 10.8 Å². The van der Waals surface area contributed by atoms with E-state index >= 15 is 0 Å². The monoisotopic (exact) mass is 364 g/mol. The van der Waals surface area contributed by atoms with Crippen LogP contribution < -0.4 is 5.32 Å². The predicted molar refractivity (Wildman–Crippen MR) is 104 cm³/mol. The van der Waals surface area contributed by atoms with Crippen LogP contribution in [0.2, 0.25) is 0 Å². The van der Waals surface area contributed by atoms with Crippen molar-refractivity contribution >= 4 is 5.69 Å². The largest absolute Gasteiger partial charge is 0.384 e. The predicted octanol–water partition coefficient (Wildman–Crippen LogP) is 4.94. The zero-order valence-corrected chi connectivity index (χ0v) is 16.5. The molecule has 3 aliphatic carbocycles. The van der Waals surface area contributed by atoms with Gasteiger partial charge in [-0.3, -0.25) is 0 Å². The second kappa shape index (κ2) is 6.37. The van der Waals surface area contributed by atoms with Gasteiger partial charge in [0.1, 0.15) is 0 Å². The second-order valence-corrected chi connectivity index (χ2v) is 9.50. The maximum Gasteiger partial charge on any atom is 0.232 e. The van der Waals surface area contributed by atoms with Crippen LogP contribution in [0.3, 0.4) is 0 Å². The fraction of sp³-hybridized carbons (Fsp3) is 0.591. The van der Waals surface area contributed by atoms with Gasteiger partial charge in [0, 0.05) is 23.1 Å². The minimum absolute atomic E-state index is 0.0760. The molecule has 142 valence electrons. The van der Waals surface area contributed by atoms with Crippen molar-refractivity contribution in [2.24, 2.45) is 5.41 Å². The number of nitriles is 1. The van der Waals surface area contributed by atoms with Crippen molar-refractivity contribution in [3.05, 3.63) is 41.5 Å². The maximum absolute atomic E-state index is 9.07. The van der Waals surface area contributed by atoms with Crippen molar-refractivity contribution in [3.63, 3.8) is 0 Å². The van der Waals surface area contributed by atoms with Crippen LogP contribution in [0.1, 0.15) is 76.6 Å². The molecule has 0 spiro atoms. The highest BCUT2D eigenvalue weighted by atomic mass is 16.5. The molecule has 2 bridgehead atoms. The quantitative estimate of drug-likeness (QED) is 0.831. The summed E-state index contributed by atoms with van der Waals surface area (Å²) in [5, 5.41) is 16.9. The molecule has 0 atom stereocenters. The third-order valence-corrected chi connectivity index (χ3v) is 6.61. The van der Waals surface area contributed by atoms with Gasteiger partial charge in [-0.05, 0) is 62.1 Å². The van der Waals surface area contributed by atoms with Gasteiger partial charge < -0.3 is 9.84 Å². The maximum atomic E-state index is 9.07. The van der Waals surface area contributed by atoms with Crippen molar-refractivity contribution in [2.75, 3.05) is 11.9 Å². The summed E-state index contributed by atoms with van der Waals surface area (Å²) in [6.07, 6.45) is 6.93. The van der Waals surface area contributed by atoms with Crippen molar-refractivity contribution in [1.82, 2.24) is 10.1 Å². The van der Waals surface area contributed by atoms with E-state index in [0.29, 0.717) is 11.0 Å². The Labute approximate surface area is 161 Å². The lowest BCUT2D eigenvalue weighted by Crippen LogP contribution is -2.47. The molecule has 0 saturated heterocycles. The van der Waals surface area contributed by atoms with Gasteiger partial charge in [-0.25, -0.2) is 0 Å². The first-order chi connectivity index (χ1) is 12.8. The zero-order chi connectivity index (χ0) is 19.1. The lowest BCUT2D eigenvalue weighted by atomic mass is 9.53. The molecule has 1 aromatic carbocycles. The Bertz CT molecular complexity index is 846. The highest BCUT2D eigenvalue weighted by Gasteiger charge is 2.52. The van der Waals surface area contributed by atoms with Gasteiger partial charge in [0.25, 0.3) is 0 Å². The van der Waals surface area contributed by atoms with E-state index in [1.54, 1.807) is 0 Å². The Balaban J connectivity index is 1.43. The van der Waals surface area contributed by atoms with E-state index in [1.807, 2.05) is 24.3 Å². The fourth-order valence-corrected chi connectivity index (χ4v) is 4.58. The highest BCUT2D eigenvalue weighted by molar-refractivity contribution is 5.49. The molecular weight excluding hydrogens is 336 g/mol. The molecule has 3 fully saturated rings. The molecule has 5 nitrogen and oxygen atoms in total. The van der Waals surface area contributed by atoms with E-state index in [2.05, 4.69) is 37.3 Å². The van der Waals surface area contributed by atoms with Crippen molar-refractivity contribution < 1.29 is 4.52 Å². The van der Waals surface area contributed by atoms with Crippen molar-refractivity contribution in [1.29, 1.82) is 5.26 Å². The minimum Gasteiger partial charge on any atom is -0.384 e. The summed E-state index contributed by atoms with van der Waals surface area (Å²) < 4.78 is 5.73. The van der Waals surface area contributed by atoms with Crippen LogP contribution in [0.15, 0.2) is 28.8 Å². The molecular formula is C22H28N4O. The smallest absolute Gasteiger partial charge is 0.232 e. The van der Waals surface area contributed by atoms with E-state index in [4.69, 9.17) is 14.8 Å². The first-order valence-corrected chi connectivity index (χ1v) is 9.93. The Morgan fingerprint density at radius 3 is 2.44 bits per heavy atom. The topological polar surface area (TPSA) is 74.7 Å². The summed E-state index contributed by atoms with van der Waals surface area (Å²) in [6.45, 7) is 7.34. The molecule has 1 N–H and O–H groups in total. The number of nitrogens with zero attached hydrogens (tertiary/aromatic N) is 3. The summed E-state index contributed by atoms with van der Waals surface area (Å²) in [5.74, 6) is 1.67. The number of benzene rings is 1. The van der Waals surface area contributed by atoms with E-state index < -0.39 is 0 Å². The number of aromatic nitrogens is 2. The normalized spacial score (nSPS) is 27.3. The SMILES string of the molecule is CC(C)(C)c1noc(C23CCC(CNc4cccc(C#N)c4)(CC2)CC3)n1. The van der Waals surface area contributed by atoms with E-state index in [-0.39, 0.29) is 10.8 Å². The third kappa shape index (κ3) is 3.34. The average molecular weight is 364 g/mol. The number of hydrogen-bond acceptors (Lipinski definition) is 5.